The Balaban J connectivity index is 1.84. The first-order chi connectivity index (χ1) is 15.3. The maximum Gasteiger partial charge on any atom is 0.264 e. The lowest BCUT2D eigenvalue weighted by molar-refractivity contribution is -0.120. The van der Waals surface area contributed by atoms with Crippen LogP contribution in [0.2, 0.25) is 5.02 Å². The van der Waals surface area contributed by atoms with E-state index < -0.39 is 15.9 Å². The maximum absolute atomic E-state index is 13.4. The van der Waals surface area contributed by atoms with Gasteiger partial charge in [0.05, 0.1) is 41.4 Å². The van der Waals surface area contributed by atoms with E-state index in [0.717, 1.165) is 17.1 Å². The average molecular weight is 478 g/mol. The highest BCUT2D eigenvalue weighted by molar-refractivity contribution is 7.92. The summed E-state index contributed by atoms with van der Waals surface area (Å²) in [6.45, 7) is 3.43. The molecule has 1 aliphatic carbocycles. The SMILES string of the molecule is C=CCN(c1ccc(OC)cc1)S(=O)(=O)c1ccc(Cl)c(C(=O)NCC(=O)NC2CC2)c1. The Bertz CT molecular complexity index is 1110. The van der Waals surface area contributed by atoms with Gasteiger partial charge >= 0.3 is 0 Å². The minimum absolute atomic E-state index is 0.0140. The molecule has 0 aromatic heterocycles. The number of carbonyl (C=O) groups excluding carboxylic acids is 2. The summed E-state index contributed by atoms with van der Waals surface area (Å²) in [7, 11) is -2.53. The second kappa shape index (κ2) is 10.1. The summed E-state index contributed by atoms with van der Waals surface area (Å²) in [6.07, 6.45) is 3.32. The molecule has 0 bridgehead atoms. The highest BCUT2D eigenvalue weighted by Crippen LogP contribution is 2.28. The minimum Gasteiger partial charge on any atom is -0.497 e. The number of rotatable bonds is 10. The van der Waals surface area contributed by atoms with Crippen LogP contribution < -0.4 is 19.7 Å². The molecule has 0 radical (unpaired) electrons. The van der Waals surface area contributed by atoms with Gasteiger partial charge in [0.25, 0.3) is 15.9 Å². The topological polar surface area (TPSA) is 105 Å². The number of sulfonamides is 1. The highest BCUT2D eigenvalue weighted by Gasteiger charge is 2.27. The molecule has 1 saturated carbocycles. The number of nitrogens with zero attached hydrogens (tertiary/aromatic N) is 1. The van der Waals surface area contributed by atoms with Gasteiger partial charge in [0.1, 0.15) is 5.75 Å². The molecule has 2 aromatic rings. The molecule has 10 heteroatoms. The largest absolute Gasteiger partial charge is 0.497 e. The molecule has 0 saturated heterocycles. The van der Waals surface area contributed by atoms with Crippen molar-refractivity contribution in [3.8, 4) is 5.75 Å². The van der Waals surface area contributed by atoms with Crippen LogP contribution in [-0.4, -0.2) is 46.5 Å². The number of anilines is 1. The van der Waals surface area contributed by atoms with Gasteiger partial charge in [-0.3, -0.25) is 13.9 Å². The zero-order valence-corrected chi connectivity index (χ0v) is 19.1. The van der Waals surface area contributed by atoms with E-state index in [9.17, 15) is 18.0 Å². The van der Waals surface area contributed by atoms with Gasteiger partial charge in [-0.1, -0.05) is 17.7 Å². The number of hydrogen-bond donors (Lipinski definition) is 2. The van der Waals surface area contributed by atoms with Crippen molar-refractivity contribution < 1.29 is 22.7 Å². The predicted octanol–water partition coefficient (Wildman–Crippen LogP) is 2.74. The van der Waals surface area contributed by atoms with Gasteiger partial charge in [-0.25, -0.2) is 8.42 Å². The third kappa shape index (κ3) is 5.60. The summed E-state index contributed by atoms with van der Waals surface area (Å²) >= 11 is 6.14. The Morgan fingerprint density at radius 1 is 1.22 bits per heavy atom. The van der Waals surface area contributed by atoms with Crippen molar-refractivity contribution in [1.82, 2.24) is 10.6 Å². The third-order valence-corrected chi connectivity index (χ3v) is 6.90. The summed E-state index contributed by atoms with van der Waals surface area (Å²) in [5.74, 6) is -0.365. The van der Waals surface area contributed by atoms with E-state index in [2.05, 4.69) is 17.2 Å². The second-order valence-electron chi connectivity index (χ2n) is 7.19. The van der Waals surface area contributed by atoms with Crippen LogP contribution in [0, 0.1) is 0 Å². The second-order valence-corrected chi connectivity index (χ2v) is 9.46. The standard InChI is InChI=1S/C22H24ClN3O5S/c1-3-12-26(16-6-8-17(31-2)9-7-16)32(29,30)18-10-11-20(23)19(13-18)22(28)24-14-21(27)25-15-4-5-15/h3,6-11,13,15H,1,4-5,12,14H2,2H3,(H,24,28)(H,25,27). The summed E-state index contributed by atoms with van der Waals surface area (Å²) in [6, 6.07) is 10.6. The first-order valence-corrected chi connectivity index (χ1v) is 11.7. The van der Waals surface area contributed by atoms with Gasteiger partial charge in [0, 0.05) is 6.04 Å². The molecular formula is C22H24ClN3O5S. The predicted molar refractivity (Wildman–Crippen MR) is 123 cm³/mol. The van der Waals surface area contributed by atoms with Crippen molar-refractivity contribution in [2.24, 2.45) is 0 Å². The van der Waals surface area contributed by atoms with E-state index in [1.807, 2.05) is 0 Å². The van der Waals surface area contributed by atoms with Crippen molar-refractivity contribution >= 4 is 39.1 Å². The molecule has 0 aliphatic heterocycles. The number of hydrogen-bond acceptors (Lipinski definition) is 5. The fourth-order valence-electron chi connectivity index (χ4n) is 2.94. The molecule has 0 spiro atoms. The molecule has 2 amide bonds. The zero-order valence-electron chi connectivity index (χ0n) is 17.5. The fraction of sp³-hybridized carbons (Fsp3) is 0.273. The summed E-state index contributed by atoms with van der Waals surface area (Å²) in [4.78, 5) is 24.3. The molecule has 2 N–H and O–H groups in total. The Morgan fingerprint density at radius 3 is 2.50 bits per heavy atom. The van der Waals surface area contributed by atoms with Crippen LogP contribution in [0.4, 0.5) is 5.69 Å². The van der Waals surface area contributed by atoms with Crippen molar-refractivity contribution in [2.45, 2.75) is 23.8 Å². The van der Waals surface area contributed by atoms with Crippen LogP contribution in [0.5, 0.6) is 5.75 Å². The molecule has 0 atom stereocenters. The molecule has 170 valence electrons. The number of amides is 2. The van der Waals surface area contributed by atoms with E-state index in [1.54, 1.807) is 24.3 Å². The molecule has 8 nitrogen and oxygen atoms in total. The summed E-state index contributed by atoms with van der Waals surface area (Å²) in [5.41, 5.74) is 0.364. The van der Waals surface area contributed by atoms with Gasteiger partial charge < -0.3 is 15.4 Å². The molecular weight excluding hydrogens is 454 g/mol. The summed E-state index contributed by atoms with van der Waals surface area (Å²) in [5, 5.41) is 5.31. The van der Waals surface area contributed by atoms with Crippen LogP contribution in [0.1, 0.15) is 23.2 Å². The number of benzene rings is 2. The first kappa shape index (κ1) is 23.6. The van der Waals surface area contributed by atoms with E-state index in [-0.39, 0.29) is 40.5 Å². The molecule has 3 rings (SSSR count). The van der Waals surface area contributed by atoms with Crippen LogP contribution in [0.15, 0.2) is 60.0 Å². The number of nitrogens with one attached hydrogen (secondary N) is 2. The van der Waals surface area contributed by atoms with Gasteiger partial charge in [-0.05, 0) is 55.3 Å². The zero-order chi connectivity index (χ0) is 23.3. The van der Waals surface area contributed by atoms with E-state index in [4.69, 9.17) is 16.3 Å². The van der Waals surface area contributed by atoms with Crippen molar-refractivity contribution in [2.75, 3.05) is 24.5 Å². The lowest BCUT2D eigenvalue weighted by Crippen LogP contribution is -2.38. The molecule has 2 aromatic carbocycles. The number of carbonyl (C=O) groups is 2. The average Bonchev–Trinajstić information content (AvgIpc) is 3.60. The normalized spacial score (nSPS) is 13.2. The third-order valence-electron chi connectivity index (χ3n) is 4.78. The molecule has 0 heterocycles. The number of ether oxygens (including phenoxy) is 1. The van der Waals surface area contributed by atoms with Crippen molar-refractivity contribution in [3.63, 3.8) is 0 Å². The van der Waals surface area contributed by atoms with Gasteiger partial charge in [-0.15, -0.1) is 6.58 Å². The molecule has 32 heavy (non-hydrogen) atoms. The van der Waals surface area contributed by atoms with Gasteiger partial charge in [-0.2, -0.15) is 0 Å². The van der Waals surface area contributed by atoms with Gasteiger partial charge in [0.2, 0.25) is 5.91 Å². The lowest BCUT2D eigenvalue weighted by atomic mass is 10.2. The van der Waals surface area contributed by atoms with E-state index in [1.165, 1.54) is 31.4 Å². The Kier molecular flexibility index (Phi) is 7.42. The van der Waals surface area contributed by atoms with Crippen LogP contribution in [0.3, 0.4) is 0 Å². The highest BCUT2D eigenvalue weighted by atomic mass is 35.5. The Morgan fingerprint density at radius 2 is 1.91 bits per heavy atom. The van der Waals surface area contributed by atoms with Gasteiger partial charge in [0.15, 0.2) is 0 Å². The van der Waals surface area contributed by atoms with Crippen LogP contribution >= 0.6 is 11.6 Å². The number of halogens is 1. The summed E-state index contributed by atoms with van der Waals surface area (Å²) < 4.78 is 33.0. The van der Waals surface area contributed by atoms with E-state index >= 15 is 0 Å². The monoisotopic (exact) mass is 477 g/mol. The fourth-order valence-corrected chi connectivity index (χ4v) is 4.60. The molecule has 0 unspecified atom stereocenters. The molecule has 1 aliphatic rings. The minimum atomic E-state index is -4.04. The quantitative estimate of drug-likeness (QED) is 0.512. The van der Waals surface area contributed by atoms with Crippen molar-refractivity contribution in [1.29, 1.82) is 0 Å². The maximum atomic E-state index is 13.4. The molecule has 1 fully saturated rings. The Labute approximate surface area is 192 Å². The van der Waals surface area contributed by atoms with Crippen molar-refractivity contribution in [3.05, 3.63) is 65.7 Å². The van der Waals surface area contributed by atoms with E-state index in [0.29, 0.717) is 11.4 Å². The smallest absolute Gasteiger partial charge is 0.264 e. The Hall–Kier alpha value is -3.04. The van der Waals surface area contributed by atoms with Crippen LogP contribution in [-0.2, 0) is 14.8 Å². The first-order valence-electron chi connectivity index (χ1n) is 9.91. The lowest BCUT2D eigenvalue weighted by Gasteiger charge is -2.23. The van der Waals surface area contributed by atoms with Crippen LogP contribution in [0.25, 0.3) is 0 Å². The number of methoxy groups -OCH3 is 1.